The molecule has 3 aromatic rings. The molecule has 8 heteroatoms. The summed E-state index contributed by atoms with van der Waals surface area (Å²) >= 11 is 0. The summed E-state index contributed by atoms with van der Waals surface area (Å²) < 4.78 is 0. The lowest BCUT2D eigenvalue weighted by Crippen LogP contribution is -2.61. The van der Waals surface area contributed by atoms with Crippen LogP contribution in [-0.4, -0.2) is 52.9 Å². The number of hydrogen-bond donors (Lipinski definition) is 1. The normalized spacial score (nSPS) is 19.5. The Kier molecular flexibility index (Phi) is 6.72. The number of piperazine rings is 1. The highest BCUT2D eigenvalue weighted by atomic mass is 16.6. The molecule has 1 N–H and O–H groups in total. The first-order chi connectivity index (χ1) is 17.1. The molecule has 2 aliphatic heterocycles. The smallest absolute Gasteiger partial charge is 0.269 e. The number of anilines is 1. The van der Waals surface area contributed by atoms with Gasteiger partial charge in [-0.3, -0.25) is 24.8 Å². The van der Waals surface area contributed by atoms with Gasteiger partial charge in [0, 0.05) is 68.9 Å². The van der Waals surface area contributed by atoms with Crippen molar-refractivity contribution in [3.05, 3.63) is 99.9 Å². The second-order valence-corrected chi connectivity index (χ2v) is 9.22. The van der Waals surface area contributed by atoms with E-state index in [1.54, 1.807) is 18.3 Å². The van der Waals surface area contributed by atoms with Crippen LogP contribution >= 0.6 is 0 Å². The van der Waals surface area contributed by atoms with Crippen molar-refractivity contribution >= 4 is 17.3 Å². The highest BCUT2D eigenvalue weighted by Gasteiger charge is 2.41. The van der Waals surface area contributed by atoms with Crippen LogP contribution in [0.2, 0.25) is 0 Å². The molecule has 1 amide bonds. The monoisotopic (exact) mass is 471 g/mol. The number of carbonyl (C=O) groups excluding carboxylic acids is 1. The van der Waals surface area contributed by atoms with Crippen LogP contribution in [0.15, 0.2) is 72.9 Å². The van der Waals surface area contributed by atoms with Crippen LogP contribution in [0.25, 0.3) is 0 Å². The minimum absolute atomic E-state index is 0.00496. The summed E-state index contributed by atoms with van der Waals surface area (Å²) in [4.78, 5) is 33.5. The van der Waals surface area contributed by atoms with Gasteiger partial charge in [-0.2, -0.15) is 0 Å². The molecule has 5 rings (SSSR count). The zero-order chi connectivity index (χ0) is 24.2. The van der Waals surface area contributed by atoms with Gasteiger partial charge in [0.05, 0.1) is 16.9 Å². The molecule has 35 heavy (non-hydrogen) atoms. The third-order valence-electron chi connectivity index (χ3n) is 6.98. The molecular formula is C27H29N5O3. The second kappa shape index (κ2) is 10.2. The van der Waals surface area contributed by atoms with E-state index in [2.05, 4.69) is 32.2 Å². The lowest BCUT2D eigenvalue weighted by Gasteiger charge is -2.49. The van der Waals surface area contributed by atoms with Gasteiger partial charge in [0.2, 0.25) is 5.91 Å². The van der Waals surface area contributed by atoms with Crippen molar-refractivity contribution in [2.45, 2.75) is 25.4 Å². The zero-order valence-electron chi connectivity index (χ0n) is 19.5. The third-order valence-corrected chi connectivity index (χ3v) is 6.98. The second-order valence-electron chi connectivity index (χ2n) is 9.22. The Balaban J connectivity index is 1.35. The fourth-order valence-electron chi connectivity index (χ4n) is 5.26. The Morgan fingerprint density at radius 1 is 1.09 bits per heavy atom. The SMILES string of the molecule is O=C(NCCc1ccccn1)[C@H]1Cc2cc([N+](=O)[O-])ccc2N2CCN(Cc3ccccc3)C[C@H]12. The summed E-state index contributed by atoms with van der Waals surface area (Å²) in [5, 5.41) is 14.5. The standard InChI is InChI=1S/C27H29N5O3/c33-27(29-13-11-22-8-4-5-12-28-22)24-17-21-16-23(32(34)35)9-10-25(21)31-15-14-30(19-26(24)31)18-20-6-2-1-3-7-20/h1-10,12,16,24,26H,11,13-15,17-19H2,(H,29,33)/t24-,26+/m0/s1. The highest BCUT2D eigenvalue weighted by Crippen LogP contribution is 2.38. The number of rotatable bonds is 7. The van der Waals surface area contributed by atoms with E-state index in [1.807, 2.05) is 42.5 Å². The van der Waals surface area contributed by atoms with E-state index >= 15 is 0 Å². The number of non-ortho nitro benzene ring substituents is 1. The maximum Gasteiger partial charge on any atom is 0.269 e. The number of nitro groups is 1. The number of hydrogen-bond acceptors (Lipinski definition) is 6. The summed E-state index contributed by atoms with van der Waals surface area (Å²) in [6.45, 7) is 3.76. The van der Waals surface area contributed by atoms with Crippen molar-refractivity contribution in [3.8, 4) is 0 Å². The fraction of sp³-hybridized carbons (Fsp3) is 0.333. The molecule has 0 unspecified atom stereocenters. The zero-order valence-corrected chi connectivity index (χ0v) is 19.5. The summed E-state index contributed by atoms with van der Waals surface area (Å²) in [5.74, 6) is -0.290. The maximum absolute atomic E-state index is 13.4. The molecule has 2 aliphatic rings. The van der Waals surface area contributed by atoms with Crippen molar-refractivity contribution in [1.29, 1.82) is 0 Å². The van der Waals surface area contributed by atoms with Crippen molar-refractivity contribution < 1.29 is 9.72 Å². The summed E-state index contributed by atoms with van der Waals surface area (Å²) in [7, 11) is 0. The summed E-state index contributed by atoms with van der Waals surface area (Å²) in [6.07, 6.45) is 2.91. The quantitative estimate of drug-likeness (QED) is 0.420. The van der Waals surface area contributed by atoms with Gasteiger partial charge in [-0.25, -0.2) is 0 Å². The number of nitrogens with zero attached hydrogens (tertiary/aromatic N) is 4. The first kappa shape index (κ1) is 23.0. The van der Waals surface area contributed by atoms with Crippen LogP contribution in [0, 0.1) is 16.0 Å². The largest absolute Gasteiger partial charge is 0.365 e. The van der Waals surface area contributed by atoms with Gasteiger partial charge in [-0.15, -0.1) is 0 Å². The van der Waals surface area contributed by atoms with Crippen LogP contribution in [0.1, 0.15) is 16.8 Å². The predicted molar refractivity (Wildman–Crippen MR) is 134 cm³/mol. The Hall–Kier alpha value is -3.78. The number of amides is 1. The number of benzene rings is 2. The minimum Gasteiger partial charge on any atom is -0.365 e. The topological polar surface area (TPSA) is 91.6 Å². The van der Waals surface area contributed by atoms with Crippen LogP contribution in [0.4, 0.5) is 11.4 Å². The third kappa shape index (κ3) is 5.17. The summed E-state index contributed by atoms with van der Waals surface area (Å²) in [6, 6.07) is 21.2. The predicted octanol–water partition coefficient (Wildman–Crippen LogP) is 3.21. The average Bonchev–Trinajstić information content (AvgIpc) is 2.89. The number of nitrogens with one attached hydrogen (secondary N) is 1. The minimum atomic E-state index is -0.369. The van der Waals surface area contributed by atoms with Gasteiger partial charge in [-0.05, 0) is 35.7 Å². The Bertz CT molecular complexity index is 1190. The Labute approximate surface area is 204 Å². The van der Waals surface area contributed by atoms with E-state index in [9.17, 15) is 14.9 Å². The van der Waals surface area contributed by atoms with Crippen LogP contribution in [-0.2, 0) is 24.2 Å². The van der Waals surface area contributed by atoms with Crippen molar-refractivity contribution in [2.75, 3.05) is 31.1 Å². The molecule has 1 saturated heterocycles. The van der Waals surface area contributed by atoms with Gasteiger partial charge in [0.15, 0.2) is 0 Å². The first-order valence-corrected chi connectivity index (χ1v) is 12.1. The van der Waals surface area contributed by atoms with Crippen LogP contribution in [0.5, 0.6) is 0 Å². The van der Waals surface area contributed by atoms with E-state index in [-0.39, 0.29) is 28.5 Å². The number of carbonyl (C=O) groups is 1. The maximum atomic E-state index is 13.4. The number of pyridine rings is 1. The fourth-order valence-corrected chi connectivity index (χ4v) is 5.26. The van der Waals surface area contributed by atoms with E-state index in [1.165, 1.54) is 5.56 Å². The van der Waals surface area contributed by atoms with Crippen LogP contribution in [0.3, 0.4) is 0 Å². The highest BCUT2D eigenvalue weighted by molar-refractivity contribution is 5.82. The Morgan fingerprint density at radius 2 is 1.91 bits per heavy atom. The average molecular weight is 472 g/mol. The first-order valence-electron chi connectivity index (χ1n) is 12.1. The lowest BCUT2D eigenvalue weighted by atomic mass is 9.83. The molecule has 2 aromatic carbocycles. The molecule has 0 bridgehead atoms. The number of nitro benzene ring substituents is 1. The van der Waals surface area contributed by atoms with Gasteiger partial charge in [-0.1, -0.05) is 36.4 Å². The molecule has 0 radical (unpaired) electrons. The van der Waals surface area contributed by atoms with Crippen molar-refractivity contribution in [3.63, 3.8) is 0 Å². The molecule has 1 fully saturated rings. The Morgan fingerprint density at radius 3 is 2.69 bits per heavy atom. The molecule has 180 valence electrons. The van der Waals surface area contributed by atoms with Crippen LogP contribution < -0.4 is 10.2 Å². The van der Waals surface area contributed by atoms with E-state index in [0.717, 1.165) is 43.1 Å². The van der Waals surface area contributed by atoms with Gasteiger partial charge in [0.1, 0.15) is 0 Å². The molecule has 1 aromatic heterocycles. The molecule has 0 saturated carbocycles. The number of fused-ring (bicyclic) bond motifs is 3. The van der Waals surface area contributed by atoms with E-state index in [4.69, 9.17) is 0 Å². The molecule has 0 spiro atoms. The van der Waals surface area contributed by atoms with E-state index < -0.39 is 0 Å². The van der Waals surface area contributed by atoms with Gasteiger partial charge >= 0.3 is 0 Å². The molecule has 2 atom stereocenters. The van der Waals surface area contributed by atoms with Crippen molar-refractivity contribution in [1.82, 2.24) is 15.2 Å². The van der Waals surface area contributed by atoms with Gasteiger partial charge in [0.25, 0.3) is 5.69 Å². The van der Waals surface area contributed by atoms with Gasteiger partial charge < -0.3 is 10.2 Å². The number of aromatic nitrogens is 1. The van der Waals surface area contributed by atoms with Crippen molar-refractivity contribution in [2.24, 2.45) is 5.92 Å². The molecule has 8 nitrogen and oxygen atoms in total. The van der Waals surface area contributed by atoms with E-state index in [0.29, 0.717) is 19.4 Å². The molecular weight excluding hydrogens is 442 g/mol. The lowest BCUT2D eigenvalue weighted by molar-refractivity contribution is -0.384. The summed E-state index contributed by atoms with van der Waals surface area (Å²) in [5.41, 5.74) is 4.14. The molecule has 0 aliphatic carbocycles. The molecule has 3 heterocycles.